The van der Waals surface area contributed by atoms with Gasteiger partial charge in [-0.2, -0.15) is 0 Å². The van der Waals surface area contributed by atoms with E-state index in [2.05, 4.69) is 0 Å². The molecule has 0 aliphatic heterocycles. The molecule has 3 aromatic carbocycles. The number of ether oxygens (including phenoxy) is 1. The van der Waals surface area contributed by atoms with E-state index >= 15 is 0 Å². The summed E-state index contributed by atoms with van der Waals surface area (Å²) in [5, 5.41) is 9.49. The first kappa shape index (κ1) is 23.9. The molecule has 0 heterocycles. The summed E-state index contributed by atoms with van der Waals surface area (Å²) in [6, 6.07) is 27.4. The van der Waals surface area contributed by atoms with Crippen LogP contribution in [0.4, 0.5) is 0 Å². The Hall–Kier alpha value is -2.80. The van der Waals surface area contributed by atoms with E-state index in [1.54, 1.807) is 0 Å². The van der Waals surface area contributed by atoms with E-state index in [1.807, 2.05) is 91.0 Å². The highest BCUT2D eigenvalue weighted by molar-refractivity contribution is 7.48. The van der Waals surface area contributed by atoms with Gasteiger partial charge in [-0.25, -0.2) is 9.36 Å². The van der Waals surface area contributed by atoms with Crippen molar-refractivity contribution in [3.8, 4) is 0 Å². The third-order valence-electron chi connectivity index (χ3n) is 4.42. The lowest BCUT2D eigenvalue weighted by molar-refractivity contribution is -0.153. The van der Waals surface area contributed by atoms with Crippen LogP contribution in [0.2, 0.25) is 0 Å². The van der Waals surface area contributed by atoms with Gasteiger partial charge in [0.15, 0.2) is 6.10 Å². The maximum absolute atomic E-state index is 13.2. The summed E-state index contributed by atoms with van der Waals surface area (Å²) in [7, 11) is -4.08. The van der Waals surface area contributed by atoms with Crippen molar-refractivity contribution in [3.05, 3.63) is 108 Å². The van der Waals surface area contributed by atoms with E-state index in [-0.39, 0.29) is 19.8 Å². The molecule has 1 N–H and O–H groups in total. The zero-order valence-corrected chi connectivity index (χ0v) is 18.3. The average Bonchev–Trinajstić information content (AvgIpc) is 2.83. The summed E-state index contributed by atoms with van der Waals surface area (Å²) in [5.41, 5.74) is 2.35. The molecule has 0 bridgehead atoms. The number of carbonyl (C=O) groups is 1. The number of phosphoric ester groups is 1. The van der Waals surface area contributed by atoms with Gasteiger partial charge in [0.1, 0.15) is 0 Å². The summed E-state index contributed by atoms with van der Waals surface area (Å²) in [4.78, 5) is 11.6. The second kappa shape index (κ2) is 12.3. The number of carboxylic acid groups (broad SMARTS) is 1. The Balaban J connectivity index is 1.63. The van der Waals surface area contributed by atoms with E-state index in [9.17, 15) is 14.5 Å². The third kappa shape index (κ3) is 8.04. The van der Waals surface area contributed by atoms with Gasteiger partial charge in [0.2, 0.25) is 0 Å². The van der Waals surface area contributed by atoms with Gasteiger partial charge >= 0.3 is 13.8 Å². The van der Waals surface area contributed by atoms with Gasteiger partial charge in [0, 0.05) is 0 Å². The van der Waals surface area contributed by atoms with Gasteiger partial charge < -0.3 is 9.84 Å². The Morgan fingerprint density at radius 1 is 0.688 bits per heavy atom. The van der Waals surface area contributed by atoms with Crippen molar-refractivity contribution >= 4 is 13.8 Å². The molecule has 0 fully saturated rings. The fraction of sp³-hybridized carbons (Fsp3) is 0.208. The van der Waals surface area contributed by atoms with Crippen molar-refractivity contribution in [1.29, 1.82) is 0 Å². The van der Waals surface area contributed by atoms with E-state index in [0.717, 1.165) is 16.7 Å². The molecule has 32 heavy (non-hydrogen) atoms. The van der Waals surface area contributed by atoms with Crippen LogP contribution in [0.15, 0.2) is 91.0 Å². The first-order chi connectivity index (χ1) is 15.5. The van der Waals surface area contributed by atoms with Gasteiger partial charge in [-0.3, -0.25) is 13.6 Å². The molecule has 3 rings (SSSR count). The second-order valence-electron chi connectivity index (χ2n) is 6.88. The van der Waals surface area contributed by atoms with Crippen molar-refractivity contribution in [3.63, 3.8) is 0 Å². The van der Waals surface area contributed by atoms with Crippen LogP contribution in [-0.2, 0) is 47.5 Å². The van der Waals surface area contributed by atoms with E-state index < -0.39 is 26.5 Å². The van der Waals surface area contributed by atoms with Gasteiger partial charge in [-0.15, -0.1) is 0 Å². The highest BCUT2D eigenvalue weighted by Crippen LogP contribution is 2.51. The lowest BCUT2D eigenvalue weighted by Crippen LogP contribution is -2.29. The third-order valence-corrected chi connectivity index (χ3v) is 5.77. The Morgan fingerprint density at radius 2 is 1.09 bits per heavy atom. The molecule has 0 amide bonds. The highest BCUT2D eigenvalue weighted by atomic mass is 31.2. The number of phosphoric acid groups is 1. The van der Waals surface area contributed by atoms with Crippen molar-refractivity contribution in [1.82, 2.24) is 0 Å². The SMILES string of the molecule is O=C(O)C(COP(=O)(OCc1ccccc1)OCc1ccccc1)OCc1ccccc1. The summed E-state index contributed by atoms with van der Waals surface area (Å²) >= 11 is 0. The minimum atomic E-state index is -4.08. The topological polar surface area (TPSA) is 91.3 Å². The molecule has 0 aromatic heterocycles. The molecule has 8 heteroatoms. The molecule has 0 saturated carbocycles. The molecule has 168 valence electrons. The molecular weight excluding hydrogens is 431 g/mol. The van der Waals surface area contributed by atoms with Crippen LogP contribution in [0.5, 0.6) is 0 Å². The van der Waals surface area contributed by atoms with Gasteiger partial charge in [-0.05, 0) is 16.7 Å². The van der Waals surface area contributed by atoms with Crippen LogP contribution in [0, 0.1) is 0 Å². The van der Waals surface area contributed by atoms with Crippen molar-refractivity contribution in [2.24, 2.45) is 0 Å². The largest absolute Gasteiger partial charge is 0.479 e. The van der Waals surface area contributed by atoms with Crippen molar-refractivity contribution < 1.29 is 32.8 Å². The Kier molecular flexibility index (Phi) is 9.16. The van der Waals surface area contributed by atoms with Gasteiger partial charge in [-0.1, -0.05) is 91.0 Å². The summed E-state index contributed by atoms with van der Waals surface area (Å²) < 4.78 is 35.1. The Morgan fingerprint density at radius 3 is 1.50 bits per heavy atom. The molecule has 0 aliphatic carbocycles. The quantitative estimate of drug-likeness (QED) is 0.353. The maximum atomic E-state index is 13.2. The minimum absolute atomic E-state index is 0.0183. The normalized spacial score (nSPS) is 12.4. The molecule has 0 aliphatic rings. The lowest BCUT2D eigenvalue weighted by atomic mass is 10.2. The molecule has 0 radical (unpaired) electrons. The predicted molar refractivity (Wildman–Crippen MR) is 119 cm³/mol. The standard InChI is InChI=1S/C24H25O7P/c25-24(26)23(28-16-20-10-4-1-5-11-20)19-31-32(27,29-17-21-12-6-2-7-13-21)30-18-22-14-8-3-9-15-22/h1-15,23H,16-19H2,(H,25,26). The second-order valence-corrected chi connectivity index (χ2v) is 8.55. The van der Waals surface area contributed by atoms with Crippen molar-refractivity contribution in [2.45, 2.75) is 25.9 Å². The first-order valence-corrected chi connectivity index (χ1v) is 11.5. The molecule has 1 unspecified atom stereocenters. The minimum Gasteiger partial charge on any atom is -0.479 e. The Labute approximate surface area is 187 Å². The smallest absolute Gasteiger partial charge is 0.475 e. The van der Waals surface area contributed by atoms with E-state index in [0.29, 0.717) is 0 Å². The maximum Gasteiger partial charge on any atom is 0.475 e. The fourth-order valence-electron chi connectivity index (χ4n) is 2.69. The molecule has 1 atom stereocenters. The predicted octanol–water partition coefficient (Wildman–Crippen LogP) is 5.21. The fourth-order valence-corrected chi connectivity index (χ4v) is 3.84. The monoisotopic (exact) mass is 456 g/mol. The van der Waals surface area contributed by atoms with E-state index in [1.165, 1.54) is 0 Å². The number of carboxylic acids is 1. The molecule has 0 saturated heterocycles. The van der Waals surface area contributed by atoms with Crippen LogP contribution in [0.25, 0.3) is 0 Å². The average molecular weight is 456 g/mol. The lowest BCUT2D eigenvalue weighted by Gasteiger charge is -2.20. The number of aliphatic carboxylic acids is 1. The van der Waals surface area contributed by atoms with Crippen LogP contribution in [-0.4, -0.2) is 23.8 Å². The number of hydrogen-bond acceptors (Lipinski definition) is 6. The number of hydrogen-bond donors (Lipinski definition) is 1. The van der Waals surface area contributed by atoms with Crippen molar-refractivity contribution in [2.75, 3.05) is 6.61 Å². The molecular formula is C24H25O7P. The number of benzene rings is 3. The zero-order chi connectivity index (χ0) is 22.7. The summed E-state index contributed by atoms with van der Waals surface area (Å²) in [6.07, 6.45) is -1.34. The highest BCUT2D eigenvalue weighted by Gasteiger charge is 2.31. The first-order valence-electron chi connectivity index (χ1n) is 10.0. The number of rotatable bonds is 13. The van der Waals surface area contributed by atoms with Gasteiger partial charge in [0.25, 0.3) is 0 Å². The molecule has 0 spiro atoms. The summed E-state index contributed by atoms with van der Waals surface area (Å²) in [5.74, 6) is -1.24. The molecule has 3 aromatic rings. The Bertz CT molecular complexity index is 949. The summed E-state index contributed by atoms with van der Waals surface area (Å²) in [6.45, 7) is -0.463. The van der Waals surface area contributed by atoms with Crippen LogP contribution >= 0.6 is 7.82 Å². The molecule has 7 nitrogen and oxygen atoms in total. The van der Waals surface area contributed by atoms with Gasteiger partial charge in [0.05, 0.1) is 26.4 Å². The van der Waals surface area contributed by atoms with Crippen LogP contribution < -0.4 is 0 Å². The van der Waals surface area contributed by atoms with Crippen LogP contribution in [0.3, 0.4) is 0 Å². The zero-order valence-electron chi connectivity index (χ0n) is 17.4. The van der Waals surface area contributed by atoms with E-state index in [4.69, 9.17) is 18.3 Å². The van der Waals surface area contributed by atoms with Crippen LogP contribution in [0.1, 0.15) is 16.7 Å².